The zero-order valence-corrected chi connectivity index (χ0v) is 9.80. The van der Waals surface area contributed by atoms with Crippen LogP contribution in [0.3, 0.4) is 0 Å². The van der Waals surface area contributed by atoms with E-state index >= 15 is 0 Å². The predicted molar refractivity (Wildman–Crippen MR) is 57.5 cm³/mol. The largest absolute Gasteiger partial charge is 0.0625 e. The first kappa shape index (κ1) is 9.55. The Bertz CT molecular complexity index is 200. The first-order valence-corrected chi connectivity index (χ1v) is 5.94. The molecule has 4 atom stereocenters. The molecule has 13 heavy (non-hydrogen) atoms. The van der Waals surface area contributed by atoms with Gasteiger partial charge in [0.05, 0.1) is 0 Å². The minimum Gasteiger partial charge on any atom is -0.0625 e. The van der Waals surface area contributed by atoms with E-state index in [1.54, 1.807) is 0 Å². The smallest absolute Gasteiger partial charge is 0.0295 e. The summed E-state index contributed by atoms with van der Waals surface area (Å²) in [6.07, 6.45) is 3.03. The van der Waals surface area contributed by atoms with Crippen molar-refractivity contribution in [1.29, 1.82) is 0 Å². The summed E-state index contributed by atoms with van der Waals surface area (Å²) >= 11 is 0. The molecule has 0 N–H and O–H groups in total. The van der Waals surface area contributed by atoms with Crippen molar-refractivity contribution >= 4 is 0 Å². The molecule has 0 unspecified atom stereocenters. The molecular formula is C13H24. The van der Waals surface area contributed by atoms with E-state index in [1.165, 1.54) is 12.8 Å². The Morgan fingerprint density at radius 3 is 2.15 bits per heavy atom. The number of hydrogen-bond acceptors (Lipinski definition) is 0. The lowest BCUT2D eigenvalue weighted by Gasteiger charge is -2.63. The highest BCUT2D eigenvalue weighted by Gasteiger charge is 2.56. The van der Waals surface area contributed by atoms with E-state index in [0.29, 0.717) is 5.41 Å². The van der Waals surface area contributed by atoms with Crippen LogP contribution < -0.4 is 0 Å². The summed E-state index contributed by atoms with van der Waals surface area (Å²) in [5.41, 5.74) is 0.671. The van der Waals surface area contributed by atoms with Crippen molar-refractivity contribution in [1.82, 2.24) is 0 Å². The van der Waals surface area contributed by atoms with Crippen molar-refractivity contribution in [3.8, 4) is 0 Å². The molecule has 3 aliphatic rings. The Morgan fingerprint density at radius 2 is 1.77 bits per heavy atom. The molecule has 3 rings (SSSR count). The van der Waals surface area contributed by atoms with Gasteiger partial charge in [-0.3, -0.25) is 0 Å². The summed E-state index contributed by atoms with van der Waals surface area (Å²) in [5, 5.41) is 0. The summed E-state index contributed by atoms with van der Waals surface area (Å²) < 4.78 is 0. The Kier molecular flexibility index (Phi) is 2.02. The van der Waals surface area contributed by atoms with E-state index in [1.807, 2.05) is 0 Å². The average Bonchev–Trinajstić information content (AvgIpc) is 2.02. The second kappa shape index (κ2) is 2.74. The number of hydrogen-bond donors (Lipinski definition) is 0. The minimum absolute atomic E-state index is 0.671. The lowest BCUT2D eigenvalue weighted by atomic mass is 9.42. The van der Waals surface area contributed by atoms with Gasteiger partial charge in [-0.1, -0.05) is 34.6 Å². The van der Waals surface area contributed by atoms with E-state index < -0.39 is 0 Å². The molecule has 0 heteroatoms. The second-order valence-electron chi connectivity index (χ2n) is 6.36. The fraction of sp³-hybridized carbons (Fsp3) is 1.00. The van der Waals surface area contributed by atoms with Crippen LogP contribution in [0, 0.1) is 35.0 Å². The van der Waals surface area contributed by atoms with Crippen LogP contribution in [0.25, 0.3) is 0 Å². The third-order valence-electron chi connectivity index (χ3n) is 5.27. The van der Waals surface area contributed by atoms with Gasteiger partial charge < -0.3 is 0 Å². The molecule has 0 aromatic heterocycles. The standard InChI is InChI=1S/C13H24/c1-8(2)11-6-10-7-12(9(11)3)13(10,4)5/h8-12H,6-7H2,1-5H3/t9-,10+,11-,12+/m1/s1. The van der Waals surface area contributed by atoms with Crippen LogP contribution in [0.15, 0.2) is 0 Å². The molecule has 0 aromatic carbocycles. The quantitative estimate of drug-likeness (QED) is 0.573. The Balaban J connectivity index is 2.12. The second-order valence-corrected chi connectivity index (χ2v) is 6.36. The zero-order chi connectivity index (χ0) is 9.80. The molecule has 0 spiro atoms. The maximum Gasteiger partial charge on any atom is -0.0295 e. The van der Waals surface area contributed by atoms with E-state index in [-0.39, 0.29) is 0 Å². The van der Waals surface area contributed by atoms with Gasteiger partial charge in [0.15, 0.2) is 0 Å². The van der Waals surface area contributed by atoms with Gasteiger partial charge in [-0.25, -0.2) is 0 Å². The average molecular weight is 180 g/mol. The maximum absolute atomic E-state index is 2.49. The molecule has 76 valence electrons. The van der Waals surface area contributed by atoms with Gasteiger partial charge in [0.1, 0.15) is 0 Å². The molecule has 3 fully saturated rings. The van der Waals surface area contributed by atoms with Gasteiger partial charge in [0.2, 0.25) is 0 Å². The van der Waals surface area contributed by atoms with Crippen LogP contribution in [0.2, 0.25) is 0 Å². The van der Waals surface area contributed by atoms with Gasteiger partial charge in [-0.15, -0.1) is 0 Å². The minimum atomic E-state index is 0.671. The van der Waals surface area contributed by atoms with Crippen molar-refractivity contribution < 1.29 is 0 Å². The summed E-state index contributed by atoms with van der Waals surface area (Å²) in [7, 11) is 0. The Morgan fingerprint density at radius 1 is 1.15 bits per heavy atom. The number of fused-ring (bicyclic) bond motifs is 2. The lowest BCUT2D eigenvalue weighted by molar-refractivity contribution is -0.137. The molecule has 0 saturated heterocycles. The normalized spacial score (nSPS) is 47.5. The zero-order valence-electron chi connectivity index (χ0n) is 9.80. The number of rotatable bonds is 1. The Hall–Kier alpha value is 0. The highest BCUT2D eigenvalue weighted by Crippen LogP contribution is 2.63. The van der Waals surface area contributed by atoms with Crippen molar-refractivity contribution in [3.63, 3.8) is 0 Å². The van der Waals surface area contributed by atoms with Gasteiger partial charge in [-0.05, 0) is 47.8 Å². The van der Waals surface area contributed by atoms with Gasteiger partial charge >= 0.3 is 0 Å². The molecule has 0 heterocycles. The van der Waals surface area contributed by atoms with E-state index in [2.05, 4.69) is 34.6 Å². The van der Waals surface area contributed by atoms with Gasteiger partial charge in [-0.2, -0.15) is 0 Å². The van der Waals surface area contributed by atoms with Crippen LogP contribution in [-0.2, 0) is 0 Å². The van der Waals surface area contributed by atoms with Gasteiger partial charge in [0, 0.05) is 0 Å². The third-order valence-corrected chi connectivity index (χ3v) is 5.27. The molecule has 3 aliphatic carbocycles. The van der Waals surface area contributed by atoms with Crippen LogP contribution in [0.5, 0.6) is 0 Å². The summed E-state index contributed by atoms with van der Waals surface area (Å²) in [5.74, 6) is 4.95. The molecule has 2 bridgehead atoms. The SMILES string of the molecule is CC(C)[C@H]1C[C@H]2C[C@@H]([C@@H]1C)C2(C)C. The summed E-state index contributed by atoms with van der Waals surface area (Å²) in [6, 6.07) is 0. The van der Waals surface area contributed by atoms with E-state index in [4.69, 9.17) is 0 Å². The lowest BCUT2D eigenvalue weighted by Crippen LogP contribution is -2.55. The molecule has 0 nitrogen and oxygen atoms in total. The van der Waals surface area contributed by atoms with E-state index in [0.717, 1.165) is 29.6 Å². The van der Waals surface area contributed by atoms with Crippen molar-refractivity contribution in [3.05, 3.63) is 0 Å². The first-order valence-electron chi connectivity index (χ1n) is 5.94. The monoisotopic (exact) mass is 180 g/mol. The summed E-state index contributed by atoms with van der Waals surface area (Å²) in [6.45, 7) is 12.3. The highest BCUT2D eigenvalue weighted by molar-refractivity contribution is 5.05. The van der Waals surface area contributed by atoms with Crippen molar-refractivity contribution in [2.24, 2.45) is 35.0 Å². The maximum atomic E-state index is 2.49. The molecule has 0 aliphatic heterocycles. The summed E-state index contributed by atoms with van der Waals surface area (Å²) in [4.78, 5) is 0. The molecule has 0 amide bonds. The fourth-order valence-electron chi connectivity index (χ4n) is 4.07. The molecule has 0 aromatic rings. The first-order chi connectivity index (χ1) is 5.94. The van der Waals surface area contributed by atoms with Crippen LogP contribution in [-0.4, -0.2) is 0 Å². The van der Waals surface area contributed by atoms with E-state index in [9.17, 15) is 0 Å². The fourth-order valence-corrected chi connectivity index (χ4v) is 4.07. The highest BCUT2D eigenvalue weighted by atomic mass is 14.6. The Labute approximate surface area is 83.1 Å². The van der Waals surface area contributed by atoms with Crippen molar-refractivity contribution in [2.75, 3.05) is 0 Å². The van der Waals surface area contributed by atoms with Crippen LogP contribution in [0.4, 0.5) is 0 Å². The van der Waals surface area contributed by atoms with Gasteiger partial charge in [0.25, 0.3) is 0 Å². The molecule has 0 radical (unpaired) electrons. The van der Waals surface area contributed by atoms with Crippen LogP contribution in [0.1, 0.15) is 47.5 Å². The molecular weight excluding hydrogens is 156 g/mol. The topological polar surface area (TPSA) is 0 Å². The third kappa shape index (κ3) is 1.17. The van der Waals surface area contributed by atoms with Crippen LogP contribution >= 0.6 is 0 Å². The predicted octanol–water partition coefficient (Wildman–Crippen LogP) is 3.96. The molecule has 3 saturated carbocycles. The van der Waals surface area contributed by atoms with Crippen molar-refractivity contribution in [2.45, 2.75) is 47.5 Å².